The summed E-state index contributed by atoms with van der Waals surface area (Å²) in [6.07, 6.45) is 0. The molecule has 0 aliphatic rings. The first kappa shape index (κ1) is 21.0. The maximum Gasteiger partial charge on any atom is 0.251 e. The van der Waals surface area contributed by atoms with E-state index in [1.165, 1.54) is 0 Å². The molecule has 0 aliphatic heterocycles. The summed E-state index contributed by atoms with van der Waals surface area (Å²) in [6, 6.07) is 18.1. The molecule has 0 spiro atoms. The van der Waals surface area contributed by atoms with E-state index in [9.17, 15) is 9.59 Å². The van der Waals surface area contributed by atoms with E-state index in [1.807, 2.05) is 44.2 Å². The molecule has 4 aromatic rings. The van der Waals surface area contributed by atoms with Crippen molar-refractivity contribution in [3.8, 4) is 11.6 Å². The number of hydrogen-bond acceptors (Lipinski definition) is 5. The van der Waals surface area contributed by atoms with Crippen LogP contribution in [0.3, 0.4) is 0 Å². The van der Waals surface area contributed by atoms with Crippen LogP contribution in [-0.2, 0) is 4.79 Å². The second-order valence-electron chi connectivity index (χ2n) is 7.33. The maximum absolute atomic E-state index is 12.5. The molecule has 0 saturated heterocycles. The zero-order chi connectivity index (χ0) is 22.7. The molecule has 2 aromatic heterocycles. The number of anilines is 1. The number of hydrogen-bond donors (Lipinski definition) is 2. The molecule has 8 heteroatoms. The predicted molar refractivity (Wildman–Crippen MR) is 122 cm³/mol. The number of pyridine rings is 1. The number of rotatable bonds is 6. The van der Waals surface area contributed by atoms with Crippen LogP contribution < -0.4 is 15.4 Å². The van der Waals surface area contributed by atoms with Gasteiger partial charge in [0.1, 0.15) is 17.1 Å². The Bertz CT molecular complexity index is 1300. The standard InChI is InChI=1S/C24H23N5O3/c1-15-12-20(27-23-18(15)10-7-11-19(23)32-3)29-21(13-16(2)28-29)26-22(30)14-25-24(31)17-8-5-4-6-9-17/h4-13H,14H2,1-3H3,(H,25,31)(H,26,30). The number of aromatic nitrogens is 3. The number of aryl methyl sites for hydroxylation is 2. The Balaban J connectivity index is 1.57. The lowest BCUT2D eigenvalue weighted by atomic mass is 10.1. The van der Waals surface area contributed by atoms with E-state index in [-0.39, 0.29) is 18.4 Å². The lowest BCUT2D eigenvalue weighted by Crippen LogP contribution is -2.33. The summed E-state index contributed by atoms with van der Waals surface area (Å²) in [5.41, 5.74) is 2.93. The van der Waals surface area contributed by atoms with Gasteiger partial charge in [0.25, 0.3) is 5.91 Å². The first-order valence-corrected chi connectivity index (χ1v) is 10.1. The topological polar surface area (TPSA) is 98.1 Å². The van der Waals surface area contributed by atoms with Crippen LogP contribution in [0.1, 0.15) is 21.6 Å². The molecule has 162 valence electrons. The minimum Gasteiger partial charge on any atom is -0.494 e. The van der Waals surface area contributed by atoms with Gasteiger partial charge in [-0.15, -0.1) is 0 Å². The second kappa shape index (κ2) is 8.89. The quantitative estimate of drug-likeness (QED) is 0.489. The Hall–Kier alpha value is -4.20. The van der Waals surface area contributed by atoms with Gasteiger partial charge in [-0.25, -0.2) is 4.98 Å². The maximum atomic E-state index is 12.5. The smallest absolute Gasteiger partial charge is 0.251 e. The molecular formula is C24H23N5O3. The van der Waals surface area contributed by atoms with Crippen molar-refractivity contribution in [2.24, 2.45) is 0 Å². The van der Waals surface area contributed by atoms with Gasteiger partial charge in [0.2, 0.25) is 5.91 Å². The van der Waals surface area contributed by atoms with Gasteiger partial charge >= 0.3 is 0 Å². The SMILES string of the molecule is COc1cccc2c(C)cc(-n3nc(C)cc3NC(=O)CNC(=O)c3ccccc3)nc12. The molecule has 8 nitrogen and oxygen atoms in total. The Kier molecular flexibility index (Phi) is 5.85. The number of carbonyl (C=O) groups excluding carboxylic acids is 2. The molecule has 2 N–H and O–H groups in total. The molecule has 2 amide bonds. The van der Waals surface area contributed by atoms with Crippen LogP contribution in [0.4, 0.5) is 5.82 Å². The van der Waals surface area contributed by atoms with E-state index in [2.05, 4.69) is 15.7 Å². The third-order valence-electron chi connectivity index (χ3n) is 4.98. The Morgan fingerprint density at radius 2 is 1.81 bits per heavy atom. The molecule has 0 aliphatic carbocycles. The number of fused-ring (bicyclic) bond motifs is 1. The first-order valence-electron chi connectivity index (χ1n) is 10.1. The summed E-state index contributed by atoms with van der Waals surface area (Å²) in [6.45, 7) is 3.65. The van der Waals surface area contributed by atoms with Crippen molar-refractivity contribution in [2.45, 2.75) is 13.8 Å². The zero-order valence-electron chi connectivity index (χ0n) is 18.0. The zero-order valence-corrected chi connectivity index (χ0v) is 18.0. The monoisotopic (exact) mass is 429 g/mol. The lowest BCUT2D eigenvalue weighted by molar-refractivity contribution is -0.115. The van der Waals surface area contributed by atoms with Crippen molar-refractivity contribution in [3.05, 3.63) is 77.5 Å². The highest BCUT2D eigenvalue weighted by molar-refractivity contribution is 5.99. The van der Waals surface area contributed by atoms with Crippen LogP contribution in [0.25, 0.3) is 16.7 Å². The van der Waals surface area contributed by atoms with Gasteiger partial charge in [-0.2, -0.15) is 9.78 Å². The normalized spacial score (nSPS) is 10.7. The van der Waals surface area contributed by atoms with E-state index < -0.39 is 0 Å². The predicted octanol–water partition coefficient (Wildman–Crippen LogP) is 3.41. The highest BCUT2D eigenvalue weighted by atomic mass is 16.5. The Morgan fingerprint density at radius 1 is 1.03 bits per heavy atom. The number of ether oxygens (including phenoxy) is 1. The van der Waals surface area contributed by atoms with Crippen molar-refractivity contribution in [3.63, 3.8) is 0 Å². The third-order valence-corrected chi connectivity index (χ3v) is 4.98. The van der Waals surface area contributed by atoms with Crippen molar-refractivity contribution >= 4 is 28.5 Å². The van der Waals surface area contributed by atoms with Crippen LogP contribution in [0, 0.1) is 13.8 Å². The Labute approximate surface area is 185 Å². The van der Waals surface area contributed by atoms with E-state index in [1.54, 1.807) is 42.1 Å². The van der Waals surface area contributed by atoms with Gasteiger partial charge in [-0.05, 0) is 43.7 Å². The average Bonchev–Trinajstić information content (AvgIpc) is 3.17. The first-order chi connectivity index (χ1) is 15.5. The van der Waals surface area contributed by atoms with Gasteiger partial charge in [-0.3, -0.25) is 9.59 Å². The summed E-state index contributed by atoms with van der Waals surface area (Å²) >= 11 is 0. The van der Waals surface area contributed by atoms with Crippen molar-refractivity contribution in [1.82, 2.24) is 20.1 Å². The van der Waals surface area contributed by atoms with Gasteiger partial charge in [0.05, 0.1) is 19.3 Å². The van der Waals surface area contributed by atoms with Crippen LogP contribution in [0.2, 0.25) is 0 Å². The molecule has 0 unspecified atom stereocenters. The molecule has 0 saturated carbocycles. The minimum atomic E-state index is -0.370. The highest BCUT2D eigenvalue weighted by Gasteiger charge is 2.15. The summed E-state index contributed by atoms with van der Waals surface area (Å²) < 4.78 is 7.04. The number of benzene rings is 2. The lowest BCUT2D eigenvalue weighted by Gasteiger charge is -2.12. The molecule has 0 bridgehead atoms. The van der Waals surface area contributed by atoms with E-state index in [0.29, 0.717) is 34.2 Å². The fourth-order valence-corrected chi connectivity index (χ4v) is 3.45. The van der Waals surface area contributed by atoms with Gasteiger partial charge in [0, 0.05) is 17.0 Å². The summed E-state index contributed by atoms with van der Waals surface area (Å²) in [5, 5.41) is 10.9. The fourth-order valence-electron chi connectivity index (χ4n) is 3.45. The number of nitrogens with one attached hydrogen (secondary N) is 2. The molecule has 2 aromatic carbocycles. The second-order valence-corrected chi connectivity index (χ2v) is 7.33. The van der Waals surface area contributed by atoms with Crippen LogP contribution in [0.15, 0.2) is 60.7 Å². The number of carbonyl (C=O) groups is 2. The van der Waals surface area contributed by atoms with Gasteiger partial charge < -0.3 is 15.4 Å². The van der Waals surface area contributed by atoms with Crippen molar-refractivity contribution in [2.75, 3.05) is 19.0 Å². The number of para-hydroxylation sites is 1. The highest BCUT2D eigenvalue weighted by Crippen LogP contribution is 2.28. The van der Waals surface area contributed by atoms with Crippen LogP contribution in [-0.4, -0.2) is 40.2 Å². The summed E-state index contributed by atoms with van der Waals surface area (Å²) in [5.74, 6) is 0.985. The van der Waals surface area contributed by atoms with Crippen molar-refractivity contribution < 1.29 is 14.3 Å². The van der Waals surface area contributed by atoms with E-state index in [4.69, 9.17) is 9.72 Å². The van der Waals surface area contributed by atoms with Crippen LogP contribution >= 0.6 is 0 Å². The number of methoxy groups -OCH3 is 1. The van der Waals surface area contributed by atoms with E-state index in [0.717, 1.165) is 10.9 Å². The van der Waals surface area contributed by atoms with E-state index >= 15 is 0 Å². The number of nitrogens with zero attached hydrogens (tertiary/aromatic N) is 3. The third kappa shape index (κ3) is 4.29. The molecule has 0 radical (unpaired) electrons. The van der Waals surface area contributed by atoms with Crippen molar-refractivity contribution in [1.29, 1.82) is 0 Å². The van der Waals surface area contributed by atoms with Crippen LogP contribution in [0.5, 0.6) is 5.75 Å². The van der Waals surface area contributed by atoms with Gasteiger partial charge in [-0.1, -0.05) is 30.3 Å². The molecule has 0 atom stereocenters. The molecular weight excluding hydrogens is 406 g/mol. The molecule has 32 heavy (non-hydrogen) atoms. The summed E-state index contributed by atoms with van der Waals surface area (Å²) in [7, 11) is 1.60. The summed E-state index contributed by atoms with van der Waals surface area (Å²) in [4.78, 5) is 29.4. The molecule has 2 heterocycles. The largest absolute Gasteiger partial charge is 0.494 e. The number of amides is 2. The molecule has 4 rings (SSSR count). The fraction of sp³-hybridized carbons (Fsp3) is 0.167. The average molecular weight is 429 g/mol. The Morgan fingerprint density at radius 3 is 2.56 bits per heavy atom. The van der Waals surface area contributed by atoms with Gasteiger partial charge in [0.15, 0.2) is 5.82 Å². The molecule has 0 fully saturated rings. The minimum absolute atomic E-state index is 0.171.